The van der Waals surface area contributed by atoms with Gasteiger partial charge < -0.3 is 10.6 Å². The lowest BCUT2D eigenvalue weighted by Crippen LogP contribution is -2.38. The van der Waals surface area contributed by atoms with E-state index >= 15 is 0 Å². The van der Waals surface area contributed by atoms with Crippen LogP contribution in [0.5, 0.6) is 0 Å². The van der Waals surface area contributed by atoms with Crippen molar-refractivity contribution in [3.8, 4) is 0 Å². The molecular weight excluding hydrogens is 290 g/mol. The number of benzene rings is 1. The van der Waals surface area contributed by atoms with Crippen LogP contribution < -0.4 is 10.6 Å². The van der Waals surface area contributed by atoms with Gasteiger partial charge in [0.1, 0.15) is 0 Å². The zero-order valence-corrected chi connectivity index (χ0v) is 13.9. The minimum absolute atomic E-state index is 0.792. The Morgan fingerprint density at radius 3 is 2.90 bits per heavy atom. The number of thioether (sulfide) groups is 1. The van der Waals surface area contributed by atoms with Crippen molar-refractivity contribution in [2.45, 2.75) is 19.8 Å². The second kappa shape index (κ2) is 10.9. The Bertz CT molecular complexity index is 410. The third-order valence-electron chi connectivity index (χ3n) is 2.72. The largest absolute Gasteiger partial charge is 0.357 e. The molecule has 5 heteroatoms. The van der Waals surface area contributed by atoms with Crippen LogP contribution >= 0.6 is 23.4 Å². The first-order valence-corrected chi connectivity index (χ1v) is 8.79. The highest BCUT2D eigenvalue weighted by molar-refractivity contribution is 7.98. The molecule has 1 rings (SSSR count). The van der Waals surface area contributed by atoms with E-state index in [0.29, 0.717) is 0 Å². The van der Waals surface area contributed by atoms with Gasteiger partial charge in [-0.1, -0.05) is 23.7 Å². The molecule has 0 aliphatic carbocycles. The van der Waals surface area contributed by atoms with Crippen molar-refractivity contribution in [3.63, 3.8) is 0 Å². The summed E-state index contributed by atoms with van der Waals surface area (Å²) < 4.78 is 0. The highest BCUT2D eigenvalue weighted by Gasteiger charge is 1.98. The van der Waals surface area contributed by atoms with E-state index in [2.05, 4.69) is 34.9 Å². The van der Waals surface area contributed by atoms with E-state index in [9.17, 15) is 0 Å². The molecule has 0 radical (unpaired) electrons. The van der Waals surface area contributed by atoms with E-state index in [1.165, 1.54) is 5.56 Å². The number of hydrogen-bond acceptors (Lipinski definition) is 2. The van der Waals surface area contributed by atoms with Crippen molar-refractivity contribution < 1.29 is 0 Å². The van der Waals surface area contributed by atoms with Crippen molar-refractivity contribution in [2.24, 2.45) is 4.99 Å². The molecule has 2 N–H and O–H groups in total. The molecule has 1 aromatic carbocycles. The van der Waals surface area contributed by atoms with E-state index in [0.717, 1.165) is 49.2 Å². The number of aliphatic imine (C=N–C) groups is 1. The lowest BCUT2D eigenvalue weighted by atomic mass is 10.1. The Morgan fingerprint density at radius 2 is 2.20 bits per heavy atom. The van der Waals surface area contributed by atoms with Crippen molar-refractivity contribution in [1.82, 2.24) is 10.6 Å². The second-order valence-electron chi connectivity index (χ2n) is 4.41. The molecule has 0 fully saturated rings. The third-order valence-corrected chi connectivity index (χ3v) is 3.65. The van der Waals surface area contributed by atoms with Crippen LogP contribution in [0, 0.1) is 0 Å². The lowest BCUT2D eigenvalue weighted by molar-refractivity contribution is 0.794. The van der Waals surface area contributed by atoms with E-state index < -0.39 is 0 Å². The fourth-order valence-corrected chi connectivity index (χ4v) is 2.39. The van der Waals surface area contributed by atoms with Crippen molar-refractivity contribution >= 4 is 29.3 Å². The first-order chi connectivity index (χ1) is 9.76. The predicted molar refractivity (Wildman–Crippen MR) is 92.1 cm³/mol. The summed E-state index contributed by atoms with van der Waals surface area (Å²) in [5, 5.41) is 7.41. The summed E-state index contributed by atoms with van der Waals surface area (Å²) in [7, 11) is 0. The summed E-state index contributed by atoms with van der Waals surface area (Å²) in [6.45, 7) is 4.68. The summed E-state index contributed by atoms with van der Waals surface area (Å²) in [6, 6.07) is 7.98. The molecule has 0 atom stereocenters. The van der Waals surface area contributed by atoms with Gasteiger partial charge in [0.25, 0.3) is 0 Å². The van der Waals surface area contributed by atoms with Crippen LogP contribution in [0.3, 0.4) is 0 Å². The van der Waals surface area contributed by atoms with Crippen LogP contribution in [0.4, 0.5) is 0 Å². The van der Waals surface area contributed by atoms with Gasteiger partial charge in [-0.2, -0.15) is 11.8 Å². The number of guanidine groups is 1. The SMILES string of the molecule is CCNC(=NCCCSC)NCCc1cccc(Cl)c1. The van der Waals surface area contributed by atoms with Gasteiger partial charge in [0.2, 0.25) is 0 Å². The minimum Gasteiger partial charge on any atom is -0.357 e. The molecular formula is C15H24ClN3S. The van der Waals surface area contributed by atoms with E-state index in [4.69, 9.17) is 11.6 Å². The number of hydrogen-bond donors (Lipinski definition) is 2. The monoisotopic (exact) mass is 313 g/mol. The zero-order valence-electron chi connectivity index (χ0n) is 12.3. The molecule has 0 bridgehead atoms. The molecule has 0 amide bonds. The second-order valence-corrected chi connectivity index (χ2v) is 5.84. The standard InChI is InChI=1S/C15H24ClN3S/c1-3-17-15(18-9-5-11-20-2)19-10-8-13-6-4-7-14(16)12-13/h4,6-7,12H,3,5,8-11H2,1-2H3,(H2,17,18,19). The molecule has 0 spiro atoms. The number of rotatable bonds is 8. The first kappa shape index (κ1) is 17.2. The molecule has 0 aromatic heterocycles. The summed E-state index contributed by atoms with van der Waals surface area (Å²) >= 11 is 7.84. The van der Waals surface area contributed by atoms with Crippen LogP contribution in [0.1, 0.15) is 18.9 Å². The van der Waals surface area contributed by atoms with Crippen LogP contribution in [0.2, 0.25) is 5.02 Å². The van der Waals surface area contributed by atoms with E-state index in [1.54, 1.807) is 0 Å². The quantitative estimate of drug-likeness (QED) is 0.439. The average molecular weight is 314 g/mol. The first-order valence-electron chi connectivity index (χ1n) is 7.01. The lowest BCUT2D eigenvalue weighted by Gasteiger charge is -2.11. The number of halogens is 1. The van der Waals surface area contributed by atoms with Gasteiger partial charge in [-0.3, -0.25) is 4.99 Å². The van der Waals surface area contributed by atoms with Gasteiger partial charge in [-0.15, -0.1) is 0 Å². The topological polar surface area (TPSA) is 36.4 Å². The summed E-state index contributed by atoms with van der Waals surface area (Å²) in [5.41, 5.74) is 1.24. The van der Waals surface area contributed by atoms with Crippen molar-refractivity contribution in [3.05, 3.63) is 34.9 Å². The molecule has 0 aliphatic heterocycles. The molecule has 0 unspecified atom stereocenters. The van der Waals surface area contributed by atoms with E-state index in [-0.39, 0.29) is 0 Å². The van der Waals surface area contributed by atoms with Gasteiger partial charge in [0.15, 0.2) is 5.96 Å². The van der Waals surface area contributed by atoms with Gasteiger partial charge in [-0.25, -0.2) is 0 Å². The fourth-order valence-electron chi connectivity index (χ4n) is 1.76. The van der Waals surface area contributed by atoms with Crippen LogP contribution in [-0.4, -0.2) is 37.6 Å². The van der Waals surface area contributed by atoms with E-state index in [1.807, 2.05) is 30.0 Å². The maximum atomic E-state index is 5.98. The van der Waals surface area contributed by atoms with Gasteiger partial charge >= 0.3 is 0 Å². The van der Waals surface area contributed by atoms with Crippen LogP contribution in [-0.2, 0) is 6.42 Å². The Hall–Kier alpha value is -0.870. The predicted octanol–water partition coefficient (Wildman–Crippen LogP) is 3.19. The molecule has 1 aromatic rings. The molecule has 0 saturated carbocycles. The summed E-state index contributed by atoms with van der Waals surface area (Å²) in [5.74, 6) is 2.06. The molecule has 3 nitrogen and oxygen atoms in total. The molecule has 0 aliphatic rings. The Morgan fingerprint density at radius 1 is 1.35 bits per heavy atom. The van der Waals surface area contributed by atoms with Crippen LogP contribution in [0.15, 0.2) is 29.3 Å². The molecule has 0 heterocycles. The highest BCUT2D eigenvalue weighted by Crippen LogP contribution is 2.10. The Balaban J connectivity index is 2.34. The summed E-state index contributed by atoms with van der Waals surface area (Å²) in [4.78, 5) is 4.55. The normalized spacial score (nSPS) is 11.4. The molecule has 20 heavy (non-hydrogen) atoms. The molecule has 112 valence electrons. The van der Waals surface area contributed by atoms with Crippen molar-refractivity contribution in [2.75, 3.05) is 31.6 Å². The maximum Gasteiger partial charge on any atom is 0.191 e. The Kier molecular flexibility index (Phi) is 9.33. The maximum absolute atomic E-state index is 5.98. The highest BCUT2D eigenvalue weighted by atomic mass is 35.5. The Labute approximate surface area is 131 Å². The minimum atomic E-state index is 0.792. The smallest absolute Gasteiger partial charge is 0.191 e. The van der Waals surface area contributed by atoms with Gasteiger partial charge in [-0.05, 0) is 49.5 Å². The fraction of sp³-hybridized carbons (Fsp3) is 0.533. The average Bonchev–Trinajstić information content (AvgIpc) is 2.43. The van der Waals surface area contributed by atoms with Crippen LogP contribution in [0.25, 0.3) is 0 Å². The van der Waals surface area contributed by atoms with Gasteiger partial charge in [0.05, 0.1) is 0 Å². The molecule has 0 saturated heterocycles. The number of nitrogens with one attached hydrogen (secondary N) is 2. The third kappa shape index (κ3) is 7.65. The number of nitrogens with zero attached hydrogens (tertiary/aromatic N) is 1. The zero-order chi connectivity index (χ0) is 14.6. The van der Waals surface area contributed by atoms with Gasteiger partial charge in [0, 0.05) is 24.7 Å². The summed E-state index contributed by atoms with van der Waals surface area (Å²) in [6.07, 6.45) is 4.18. The van der Waals surface area contributed by atoms with Crippen molar-refractivity contribution in [1.29, 1.82) is 0 Å².